The molecular weight excluding hydrogens is 453 g/mol. The van der Waals surface area contributed by atoms with Gasteiger partial charge in [0.25, 0.3) is 0 Å². The molecule has 150 valence electrons. The third kappa shape index (κ3) is 7.88. The number of nitrogens with one attached hydrogen (secondary N) is 2. The average molecular weight is 485 g/mol. The first-order chi connectivity index (χ1) is 12.8. The molecular formula is C20H32IN5O. The Labute approximate surface area is 179 Å². The molecule has 6 nitrogen and oxygen atoms in total. The predicted molar refractivity (Wildman–Crippen MR) is 122 cm³/mol. The van der Waals surface area contributed by atoms with Crippen LogP contribution in [-0.2, 0) is 6.42 Å². The van der Waals surface area contributed by atoms with Gasteiger partial charge in [-0.15, -0.1) is 24.0 Å². The van der Waals surface area contributed by atoms with Crippen molar-refractivity contribution >= 4 is 29.9 Å². The molecule has 0 fully saturated rings. The van der Waals surface area contributed by atoms with Gasteiger partial charge in [0.15, 0.2) is 5.96 Å². The fourth-order valence-electron chi connectivity index (χ4n) is 2.91. The highest BCUT2D eigenvalue weighted by atomic mass is 127. The van der Waals surface area contributed by atoms with Crippen molar-refractivity contribution in [3.05, 3.63) is 54.2 Å². The van der Waals surface area contributed by atoms with E-state index < -0.39 is 0 Å². The molecule has 0 saturated heterocycles. The summed E-state index contributed by atoms with van der Waals surface area (Å²) in [6.45, 7) is 10.6. The van der Waals surface area contributed by atoms with Crippen LogP contribution in [0.4, 0.5) is 0 Å². The van der Waals surface area contributed by atoms with Gasteiger partial charge in [-0.05, 0) is 44.3 Å². The molecule has 1 atom stereocenters. The van der Waals surface area contributed by atoms with Crippen LogP contribution in [0.3, 0.4) is 0 Å². The second-order valence-corrected chi connectivity index (χ2v) is 5.97. The Morgan fingerprint density at radius 1 is 1.15 bits per heavy atom. The molecule has 2 aromatic rings. The first kappa shape index (κ1) is 23.4. The molecule has 0 aliphatic heterocycles. The number of halogens is 1. The number of hydrogen-bond donors (Lipinski definition) is 2. The number of hydrogen-bond acceptors (Lipinski definition) is 4. The summed E-state index contributed by atoms with van der Waals surface area (Å²) in [4.78, 5) is 11.5. The van der Waals surface area contributed by atoms with E-state index in [1.165, 1.54) is 0 Å². The maximum atomic E-state index is 5.65. The molecule has 0 radical (unpaired) electrons. The summed E-state index contributed by atoms with van der Waals surface area (Å²) in [5, 5.41) is 6.71. The van der Waals surface area contributed by atoms with Gasteiger partial charge >= 0.3 is 0 Å². The van der Waals surface area contributed by atoms with E-state index in [1.54, 1.807) is 6.26 Å². The predicted octanol–water partition coefficient (Wildman–Crippen LogP) is 3.47. The Bertz CT molecular complexity index is 629. The zero-order valence-electron chi connectivity index (χ0n) is 16.5. The van der Waals surface area contributed by atoms with Crippen molar-refractivity contribution in [2.75, 3.05) is 32.7 Å². The number of pyridine rings is 1. The zero-order valence-corrected chi connectivity index (χ0v) is 18.8. The van der Waals surface area contributed by atoms with Gasteiger partial charge in [0.1, 0.15) is 5.76 Å². The fraction of sp³-hybridized carbons (Fsp3) is 0.500. The quantitative estimate of drug-likeness (QED) is 0.307. The van der Waals surface area contributed by atoms with Crippen molar-refractivity contribution < 1.29 is 4.42 Å². The second kappa shape index (κ2) is 13.5. The lowest BCUT2D eigenvalue weighted by Crippen LogP contribution is -2.39. The lowest BCUT2D eigenvalue weighted by Gasteiger charge is -2.27. The Hall–Kier alpha value is -1.61. The highest BCUT2D eigenvalue weighted by Gasteiger charge is 2.20. The molecule has 0 saturated carbocycles. The van der Waals surface area contributed by atoms with Crippen molar-refractivity contribution in [1.82, 2.24) is 20.5 Å². The molecule has 2 rings (SSSR count). The van der Waals surface area contributed by atoms with Gasteiger partial charge in [-0.25, -0.2) is 0 Å². The van der Waals surface area contributed by atoms with Crippen molar-refractivity contribution in [1.29, 1.82) is 0 Å². The van der Waals surface area contributed by atoms with E-state index in [1.807, 2.05) is 36.5 Å². The molecule has 27 heavy (non-hydrogen) atoms. The van der Waals surface area contributed by atoms with E-state index in [4.69, 9.17) is 9.41 Å². The zero-order chi connectivity index (χ0) is 18.6. The van der Waals surface area contributed by atoms with E-state index in [2.05, 4.69) is 41.3 Å². The molecule has 0 aliphatic rings. The summed E-state index contributed by atoms with van der Waals surface area (Å²) >= 11 is 0. The Morgan fingerprint density at radius 2 is 1.96 bits per heavy atom. The van der Waals surface area contributed by atoms with E-state index in [9.17, 15) is 0 Å². The maximum Gasteiger partial charge on any atom is 0.191 e. The fourth-order valence-corrected chi connectivity index (χ4v) is 2.91. The van der Waals surface area contributed by atoms with Crippen molar-refractivity contribution in [2.45, 2.75) is 33.2 Å². The molecule has 0 bridgehead atoms. The van der Waals surface area contributed by atoms with Crippen LogP contribution in [0.2, 0.25) is 0 Å². The number of aromatic nitrogens is 1. The topological polar surface area (TPSA) is 65.7 Å². The third-order valence-electron chi connectivity index (χ3n) is 4.29. The molecule has 2 heterocycles. The van der Waals surface area contributed by atoms with Crippen LogP contribution in [-0.4, -0.2) is 48.6 Å². The minimum Gasteiger partial charge on any atom is -0.468 e. The normalized spacial score (nSPS) is 12.5. The summed E-state index contributed by atoms with van der Waals surface area (Å²) < 4.78 is 5.65. The van der Waals surface area contributed by atoms with E-state index >= 15 is 0 Å². The number of aliphatic imine (C=N–C) groups is 1. The monoisotopic (exact) mass is 485 g/mol. The lowest BCUT2D eigenvalue weighted by atomic mass is 10.2. The summed E-state index contributed by atoms with van der Waals surface area (Å²) in [6.07, 6.45) is 4.42. The van der Waals surface area contributed by atoms with Gasteiger partial charge in [-0.2, -0.15) is 0 Å². The van der Waals surface area contributed by atoms with Gasteiger partial charge in [0, 0.05) is 31.4 Å². The summed E-state index contributed by atoms with van der Waals surface area (Å²) in [5.41, 5.74) is 1.08. The maximum absolute atomic E-state index is 5.65. The number of likely N-dealkylation sites (N-methyl/N-ethyl adjacent to an activating group) is 1. The Kier molecular flexibility index (Phi) is 11.8. The van der Waals surface area contributed by atoms with E-state index in [-0.39, 0.29) is 30.0 Å². The number of furan rings is 1. The molecule has 7 heteroatoms. The summed E-state index contributed by atoms with van der Waals surface area (Å²) in [7, 11) is 0. The first-order valence-electron chi connectivity index (χ1n) is 9.48. The van der Waals surface area contributed by atoms with Crippen molar-refractivity contribution in [2.24, 2.45) is 4.99 Å². The molecule has 2 N–H and O–H groups in total. The minimum atomic E-state index is 0. The molecule has 1 unspecified atom stereocenters. The smallest absolute Gasteiger partial charge is 0.191 e. The molecule has 0 aromatic carbocycles. The SMILES string of the molecule is CCNC(=NCC(c1ccco1)N(CC)CC)NCCc1ccccn1.I. The standard InChI is InChI=1S/C20H31N5O.HI/c1-4-21-20(23-14-12-17-10-7-8-13-22-17)24-16-18(25(5-2)6-3)19-11-9-15-26-19;/h7-11,13,15,18H,4-6,12,14,16H2,1-3H3,(H2,21,23,24);1H. The molecule has 0 amide bonds. The summed E-state index contributed by atoms with van der Waals surface area (Å²) in [6, 6.07) is 10.1. The van der Waals surface area contributed by atoms with E-state index in [0.717, 1.165) is 50.0 Å². The number of guanidine groups is 1. The Balaban J connectivity index is 0.00000364. The van der Waals surface area contributed by atoms with Crippen LogP contribution in [0.25, 0.3) is 0 Å². The highest BCUT2D eigenvalue weighted by Crippen LogP contribution is 2.21. The van der Waals surface area contributed by atoms with Crippen molar-refractivity contribution in [3.63, 3.8) is 0 Å². The minimum absolute atomic E-state index is 0. The number of nitrogens with zero attached hydrogens (tertiary/aromatic N) is 3. The summed E-state index contributed by atoms with van der Waals surface area (Å²) in [5.74, 6) is 1.79. The van der Waals surface area contributed by atoms with Gasteiger partial charge in [-0.3, -0.25) is 14.9 Å². The first-order valence-corrected chi connectivity index (χ1v) is 9.48. The van der Waals surface area contributed by atoms with Gasteiger partial charge in [-0.1, -0.05) is 19.9 Å². The second-order valence-electron chi connectivity index (χ2n) is 5.97. The third-order valence-corrected chi connectivity index (χ3v) is 4.29. The molecule has 0 spiro atoms. The van der Waals surface area contributed by atoms with Crippen LogP contribution >= 0.6 is 24.0 Å². The van der Waals surface area contributed by atoms with Gasteiger partial charge in [0.05, 0.1) is 18.8 Å². The van der Waals surface area contributed by atoms with Crippen LogP contribution in [0.1, 0.15) is 38.3 Å². The highest BCUT2D eigenvalue weighted by molar-refractivity contribution is 14.0. The van der Waals surface area contributed by atoms with Crippen molar-refractivity contribution in [3.8, 4) is 0 Å². The van der Waals surface area contributed by atoms with Crippen LogP contribution in [0, 0.1) is 0 Å². The molecule has 0 aliphatic carbocycles. The average Bonchev–Trinajstić information content (AvgIpc) is 3.20. The van der Waals surface area contributed by atoms with Gasteiger partial charge in [0.2, 0.25) is 0 Å². The van der Waals surface area contributed by atoms with Gasteiger partial charge < -0.3 is 15.1 Å². The van der Waals surface area contributed by atoms with Crippen LogP contribution in [0.15, 0.2) is 52.2 Å². The number of rotatable bonds is 10. The van der Waals surface area contributed by atoms with E-state index in [0.29, 0.717) is 6.54 Å². The Morgan fingerprint density at radius 3 is 2.56 bits per heavy atom. The largest absolute Gasteiger partial charge is 0.468 e. The van der Waals surface area contributed by atoms with Crippen LogP contribution in [0.5, 0.6) is 0 Å². The molecule has 2 aromatic heterocycles. The van der Waals surface area contributed by atoms with Crippen LogP contribution < -0.4 is 10.6 Å². The lowest BCUT2D eigenvalue weighted by molar-refractivity contribution is 0.198.